The van der Waals surface area contributed by atoms with E-state index >= 15 is 0 Å². The molecule has 1 aliphatic rings. The van der Waals surface area contributed by atoms with Crippen molar-refractivity contribution in [2.45, 2.75) is 25.0 Å². The van der Waals surface area contributed by atoms with E-state index in [9.17, 15) is 0 Å². The Morgan fingerprint density at radius 2 is 2.39 bits per heavy atom. The maximum Gasteiger partial charge on any atom is 0.153 e. The lowest BCUT2D eigenvalue weighted by Gasteiger charge is -2.10. The van der Waals surface area contributed by atoms with E-state index in [0.29, 0.717) is 11.3 Å². The highest BCUT2D eigenvalue weighted by molar-refractivity contribution is 5.83. The van der Waals surface area contributed by atoms with Gasteiger partial charge in [0, 0.05) is 12.3 Å². The van der Waals surface area contributed by atoms with Gasteiger partial charge in [0.1, 0.15) is 17.4 Å². The van der Waals surface area contributed by atoms with E-state index in [2.05, 4.69) is 15.2 Å². The van der Waals surface area contributed by atoms with Crippen molar-refractivity contribution in [3.05, 3.63) is 18.0 Å². The molecule has 1 fully saturated rings. The van der Waals surface area contributed by atoms with Crippen LogP contribution in [0.25, 0.3) is 11.0 Å². The van der Waals surface area contributed by atoms with Crippen LogP contribution >= 0.6 is 0 Å². The second kappa shape index (κ2) is 4.55. The normalized spacial score (nSPS) is 23.7. The second-order valence-electron chi connectivity index (χ2n) is 4.35. The molecule has 2 atom stereocenters. The molecule has 3 rings (SSSR count). The zero-order chi connectivity index (χ0) is 12.5. The number of hydrogen-bond acceptors (Lipinski definition) is 5. The molecule has 0 spiro atoms. The van der Waals surface area contributed by atoms with Crippen LogP contribution in [0.5, 0.6) is 5.75 Å². The first kappa shape index (κ1) is 11.4. The molecule has 0 saturated carbocycles. The summed E-state index contributed by atoms with van der Waals surface area (Å²) in [4.78, 5) is 4.33. The minimum Gasteiger partial charge on any atom is -0.494 e. The highest BCUT2D eigenvalue weighted by Crippen LogP contribution is 2.35. The third-order valence-electron chi connectivity index (χ3n) is 3.28. The van der Waals surface area contributed by atoms with Gasteiger partial charge in [-0.05, 0) is 12.8 Å². The van der Waals surface area contributed by atoms with E-state index in [-0.39, 0.29) is 18.8 Å². The van der Waals surface area contributed by atoms with E-state index in [0.717, 1.165) is 24.1 Å². The van der Waals surface area contributed by atoms with Crippen LogP contribution in [-0.4, -0.2) is 40.1 Å². The summed E-state index contributed by atoms with van der Waals surface area (Å²) >= 11 is 0. The van der Waals surface area contributed by atoms with E-state index in [1.807, 2.05) is 0 Å². The van der Waals surface area contributed by atoms with Crippen molar-refractivity contribution in [3.8, 4) is 5.75 Å². The lowest BCUT2D eigenvalue weighted by atomic mass is 10.1. The number of aliphatic hydroxyl groups is 1. The third kappa shape index (κ3) is 1.74. The summed E-state index contributed by atoms with van der Waals surface area (Å²) in [7, 11) is 1.61. The van der Waals surface area contributed by atoms with Crippen LogP contribution in [0, 0.1) is 0 Å². The van der Waals surface area contributed by atoms with Crippen molar-refractivity contribution in [1.29, 1.82) is 0 Å². The van der Waals surface area contributed by atoms with Crippen LogP contribution < -0.4 is 4.74 Å². The van der Waals surface area contributed by atoms with Crippen LogP contribution in [0.3, 0.4) is 0 Å². The smallest absolute Gasteiger partial charge is 0.153 e. The molecular weight excluding hydrogens is 234 g/mol. The van der Waals surface area contributed by atoms with Crippen LogP contribution in [0.15, 0.2) is 12.3 Å². The number of nitrogens with one attached hydrogen (secondary N) is 1. The Hall–Kier alpha value is -1.66. The van der Waals surface area contributed by atoms with Crippen molar-refractivity contribution < 1.29 is 14.6 Å². The fraction of sp³-hybridized carbons (Fsp3) is 0.500. The molecule has 0 aromatic carbocycles. The van der Waals surface area contributed by atoms with Gasteiger partial charge >= 0.3 is 0 Å². The number of methoxy groups -OCH3 is 1. The van der Waals surface area contributed by atoms with Crippen molar-refractivity contribution in [2.24, 2.45) is 0 Å². The molecule has 2 aromatic rings. The Morgan fingerprint density at radius 1 is 1.50 bits per heavy atom. The summed E-state index contributed by atoms with van der Waals surface area (Å²) in [5.74, 6) is 0.694. The summed E-state index contributed by atoms with van der Waals surface area (Å²) in [6.07, 6.45) is 3.25. The minimum atomic E-state index is -0.0843. The van der Waals surface area contributed by atoms with Crippen LogP contribution in [0.2, 0.25) is 0 Å². The highest BCUT2D eigenvalue weighted by atomic mass is 16.5. The molecule has 18 heavy (non-hydrogen) atoms. The molecule has 96 valence electrons. The summed E-state index contributed by atoms with van der Waals surface area (Å²) in [5.41, 5.74) is 2.35. The van der Waals surface area contributed by atoms with Gasteiger partial charge in [0.05, 0.1) is 25.5 Å². The van der Waals surface area contributed by atoms with E-state index in [1.165, 1.54) is 0 Å². The first-order chi connectivity index (χ1) is 8.83. The molecule has 6 nitrogen and oxygen atoms in total. The zero-order valence-electron chi connectivity index (χ0n) is 10.1. The van der Waals surface area contributed by atoms with Gasteiger partial charge < -0.3 is 14.6 Å². The molecule has 2 aromatic heterocycles. The Morgan fingerprint density at radius 3 is 3.11 bits per heavy atom. The first-order valence-corrected chi connectivity index (χ1v) is 5.96. The minimum absolute atomic E-state index is 0.0549. The number of fused-ring (bicyclic) bond motifs is 1. The summed E-state index contributed by atoms with van der Waals surface area (Å²) in [6.45, 7) is 0.0549. The number of aromatic nitrogens is 3. The first-order valence-electron chi connectivity index (χ1n) is 5.96. The molecule has 0 radical (unpaired) electrons. The van der Waals surface area contributed by atoms with E-state index < -0.39 is 0 Å². The predicted molar refractivity (Wildman–Crippen MR) is 64.4 cm³/mol. The van der Waals surface area contributed by atoms with Gasteiger partial charge in [-0.25, -0.2) is 0 Å². The quantitative estimate of drug-likeness (QED) is 0.853. The highest BCUT2D eigenvalue weighted by Gasteiger charge is 2.29. The topological polar surface area (TPSA) is 80.3 Å². The Labute approximate surface area is 104 Å². The van der Waals surface area contributed by atoms with Gasteiger partial charge in [0.2, 0.25) is 0 Å². The number of rotatable bonds is 3. The van der Waals surface area contributed by atoms with Crippen molar-refractivity contribution in [3.63, 3.8) is 0 Å². The monoisotopic (exact) mass is 249 g/mol. The summed E-state index contributed by atoms with van der Waals surface area (Å²) < 4.78 is 11.0. The Bertz CT molecular complexity index is 554. The van der Waals surface area contributed by atoms with Crippen molar-refractivity contribution in [1.82, 2.24) is 15.2 Å². The number of nitrogens with zero attached hydrogens (tertiary/aromatic N) is 2. The standard InChI is InChI=1S/C12H15N3O3/c1-17-8-4-5-13-12-10(8)14-15-11(12)9-3-2-7(6-16)18-9/h4-5,7,9,16H,2-3,6H2,1H3,(H,14,15)/t7-,9+/m0/s1. The van der Waals surface area contributed by atoms with Crippen LogP contribution in [0.4, 0.5) is 0 Å². The SMILES string of the molecule is COc1ccnc2c([C@H]3CC[C@@H](CO)O3)[nH]nc12. The Balaban J connectivity index is 1.98. The van der Waals surface area contributed by atoms with Gasteiger partial charge in [0.25, 0.3) is 0 Å². The lowest BCUT2D eigenvalue weighted by Crippen LogP contribution is -2.11. The van der Waals surface area contributed by atoms with Gasteiger partial charge in [0.15, 0.2) is 5.52 Å². The molecule has 0 amide bonds. The molecule has 3 heterocycles. The third-order valence-corrected chi connectivity index (χ3v) is 3.28. The van der Waals surface area contributed by atoms with Crippen LogP contribution in [-0.2, 0) is 4.74 Å². The molecule has 0 unspecified atom stereocenters. The van der Waals surface area contributed by atoms with E-state index in [4.69, 9.17) is 14.6 Å². The average Bonchev–Trinajstić information content (AvgIpc) is 3.03. The molecule has 1 saturated heterocycles. The summed E-state index contributed by atoms with van der Waals surface area (Å²) in [6, 6.07) is 1.78. The zero-order valence-corrected chi connectivity index (χ0v) is 10.1. The molecule has 0 aliphatic carbocycles. The number of H-pyrrole nitrogens is 1. The van der Waals surface area contributed by atoms with Crippen LogP contribution in [0.1, 0.15) is 24.6 Å². The van der Waals surface area contributed by atoms with Gasteiger partial charge in [-0.15, -0.1) is 0 Å². The number of aliphatic hydroxyl groups excluding tert-OH is 1. The molecule has 2 N–H and O–H groups in total. The average molecular weight is 249 g/mol. The van der Waals surface area contributed by atoms with Gasteiger partial charge in [-0.3, -0.25) is 10.1 Å². The molecule has 6 heteroatoms. The number of hydrogen-bond donors (Lipinski definition) is 2. The fourth-order valence-electron chi connectivity index (χ4n) is 2.35. The Kier molecular flexibility index (Phi) is 2.89. The largest absolute Gasteiger partial charge is 0.494 e. The maximum absolute atomic E-state index is 9.09. The maximum atomic E-state index is 9.09. The molecule has 0 bridgehead atoms. The number of ether oxygens (including phenoxy) is 2. The summed E-state index contributed by atoms with van der Waals surface area (Å²) in [5, 5.41) is 16.3. The lowest BCUT2D eigenvalue weighted by molar-refractivity contribution is 0.00972. The number of pyridine rings is 1. The van der Waals surface area contributed by atoms with Gasteiger partial charge in [-0.2, -0.15) is 5.10 Å². The fourth-order valence-corrected chi connectivity index (χ4v) is 2.35. The second-order valence-corrected chi connectivity index (χ2v) is 4.35. The number of aromatic amines is 1. The van der Waals surface area contributed by atoms with Gasteiger partial charge in [-0.1, -0.05) is 0 Å². The molecule has 1 aliphatic heterocycles. The van der Waals surface area contributed by atoms with Crippen molar-refractivity contribution in [2.75, 3.05) is 13.7 Å². The van der Waals surface area contributed by atoms with E-state index in [1.54, 1.807) is 19.4 Å². The van der Waals surface area contributed by atoms with Crippen molar-refractivity contribution >= 4 is 11.0 Å². The predicted octanol–water partition coefficient (Wildman–Crippen LogP) is 1.18. The molecular formula is C12H15N3O3.